The summed E-state index contributed by atoms with van der Waals surface area (Å²) in [7, 11) is 0. The summed E-state index contributed by atoms with van der Waals surface area (Å²) in [5.41, 5.74) is 7.01. The van der Waals surface area contributed by atoms with Crippen molar-refractivity contribution in [3.63, 3.8) is 0 Å². The number of pyridine rings is 3. The molecule has 3 aromatic heterocycles. The second-order valence-corrected chi connectivity index (χ2v) is 10.7. The third-order valence-electron chi connectivity index (χ3n) is 8.42. The van der Waals surface area contributed by atoms with E-state index in [1.54, 1.807) is 0 Å². The maximum atomic E-state index is 5.40. The van der Waals surface area contributed by atoms with Crippen molar-refractivity contribution < 1.29 is 0 Å². The van der Waals surface area contributed by atoms with Gasteiger partial charge >= 0.3 is 0 Å². The van der Waals surface area contributed by atoms with Gasteiger partial charge in [0.15, 0.2) is 0 Å². The lowest BCUT2D eigenvalue weighted by Crippen LogP contribution is -1.95. The average molecular weight is 533 g/mol. The maximum absolute atomic E-state index is 5.40. The van der Waals surface area contributed by atoms with E-state index in [0.717, 1.165) is 76.6 Å². The Kier molecular flexibility index (Phi) is 4.90. The number of fused-ring (bicyclic) bond motifs is 9. The van der Waals surface area contributed by atoms with Crippen molar-refractivity contribution in [2.45, 2.75) is 0 Å². The number of hydrogen-bond donors (Lipinski definition) is 0. The van der Waals surface area contributed by atoms with Gasteiger partial charge in [0.05, 0.1) is 22.2 Å². The molecule has 0 amide bonds. The molecule has 42 heavy (non-hydrogen) atoms. The molecule has 0 atom stereocenters. The Morgan fingerprint density at radius 2 is 1.00 bits per heavy atom. The van der Waals surface area contributed by atoms with Gasteiger partial charge in [-0.2, -0.15) is 0 Å². The van der Waals surface area contributed by atoms with Gasteiger partial charge in [0.2, 0.25) is 0 Å². The molecule has 3 nitrogen and oxygen atoms in total. The molecule has 0 aliphatic rings. The SMILES string of the molecule is [c]1ccc2c(c1-c1cccc3ncc4ccccc4c13)c(-c1cccc3ncc4ccccc4c13)nc1ccccc12. The van der Waals surface area contributed by atoms with Gasteiger partial charge in [0, 0.05) is 55.8 Å². The topological polar surface area (TPSA) is 38.7 Å². The fraction of sp³-hybridized carbons (Fsp3) is 0. The van der Waals surface area contributed by atoms with Crippen LogP contribution in [0.4, 0.5) is 0 Å². The van der Waals surface area contributed by atoms with Gasteiger partial charge < -0.3 is 0 Å². The number of benzene rings is 6. The van der Waals surface area contributed by atoms with Gasteiger partial charge in [0.1, 0.15) is 0 Å². The van der Waals surface area contributed by atoms with Crippen LogP contribution in [0.2, 0.25) is 0 Å². The summed E-state index contributed by atoms with van der Waals surface area (Å²) in [4.78, 5) is 15.1. The van der Waals surface area contributed by atoms with Crippen molar-refractivity contribution >= 4 is 65.0 Å². The number of rotatable bonds is 2. The number of para-hydroxylation sites is 1. The van der Waals surface area contributed by atoms with E-state index < -0.39 is 0 Å². The predicted molar refractivity (Wildman–Crippen MR) is 175 cm³/mol. The van der Waals surface area contributed by atoms with Gasteiger partial charge in [-0.1, -0.05) is 103 Å². The molecule has 9 rings (SSSR count). The molecule has 6 aromatic carbocycles. The van der Waals surface area contributed by atoms with Crippen molar-refractivity contribution in [3.05, 3.63) is 140 Å². The minimum atomic E-state index is 0.935. The third-order valence-corrected chi connectivity index (χ3v) is 8.42. The zero-order valence-electron chi connectivity index (χ0n) is 22.5. The highest BCUT2D eigenvalue weighted by molar-refractivity contribution is 6.23. The molecule has 0 aliphatic heterocycles. The van der Waals surface area contributed by atoms with E-state index in [1.165, 1.54) is 10.8 Å². The van der Waals surface area contributed by atoms with Crippen LogP contribution >= 0.6 is 0 Å². The summed E-state index contributed by atoms with van der Waals surface area (Å²) in [6.07, 6.45) is 3.92. The van der Waals surface area contributed by atoms with Gasteiger partial charge in [-0.3, -0.25) is 9.97 Å². The second-order valence-electron chi connectivity index (χ2n) is 10.7. The molecule has 0 aliphatic carbocycles. The van der Waals surface area contributed by atoms with Crippen LogP contribution in [-0.4, -0.2) is 15.0 Å². The van der Waals surface area contributed by atoms with Crippen LogP contribution in [0.1, 0.15) is 0 Å². The lowest BCUT2D eigenvalue weighted by molar-refractivity contribution is 1.42. The minimum absolute atomic E-state index is 0.935. The largest absolute Gasteiger partial charge is 0.256 e. The molecule has 3 heteroatoms. The highest BCUT2D eigenvalue weighted by Crippen LogP contribution is 2.44. The first kappa shape index (κ1) is 23.1. The minimum Gasteiger partial charge on any atom is -0.256 e. The van der Waals surface area contributed by atoms with Gasteiger partial charge in [-0.05, 0) is 46.0 Å². The standard InChI is InChI=1S/C39H22N3/c1-3-12-26-24(10-1)22-40-34-20-8-17-30(36(26)34)31-16-7-15-29-28-14-5-6-19-33(28)42-39(38(29)31)32-18-9-21-35-37(32)27-13-4-2-11-25(27)23-41-35/h1-15,17-23H. The first-order valence-corrected chi connectivity index (χ1v) is 14.1. The molecule has 0 spiro atoms. The number of hydrogen-bond acceptors (Lipinski definition) is 3. The van der Waals surface area contributed by atoms with E-state index in [-0.39, 0.29) is 0 Å². The fourth-order valence-electron chi connectivity index (χ4n) is 6.57. The first-order chi connectivity index (χ1) is 20.8. The monoisotopic (exact) mass is 532 g/mol. The second kappa shape index (κ2) is 8.92. The summed E-state index contributed by atoms with van der Waals surface area (Å²) in [6.45, 7) is 0. The van der Waals surface area contributed by atoms with Crippen LogP contribution in [0, 0.1) is 6.07 Å². The molecule has 0 unspecified atom stereocenters. The van der Waals surface area contributed by atoms with Crippen molar-refractivity contribution in [1.82, 2.24) is 15.0 Å². The van der Waals surface area contributed by atoms with E-state index >= 15 is 0 Å². The Morgan fingerprint density at radius 1 is 0.429 bits per heavy atom. The van der Waals surface area contributed by atoms with Crippen molar-refractivity contribution in [3.8, 4) is 22.4 Å². The highest BCUT2D eigenvalue weighted by Gasteiger charge is 2.20. The molecule has 1 radical (unpaired) electrons. The summed E-state index contributed by atoms with van der Waals surface area (Å²) in [6, 6.07) is 46.0. The van der Waals surface area contributed by atoms with Crippen molar-refractivity contribution in [2.75, 3.05) is 0 Å². The van der Waals surface area contributed by atoms with Crippen LogP contribution in [0.3, 0.4) is 0 Å². The molecule has 0 saturated carbocycles. The molecule has 0 bridgehead atoms. The Balaban J connectivity index is 1.50. The zero-order valence-corrected chi connectivity index (χ0v) is 22.5. The predicted octanol–water partition coefficient (Wildman–Crippen LogP) is 9.92. The van der Waals surface area contributed by atoms with Gasteiger partial charge in [-0.15, -0.1) is 0 Å². The molecular formula is C39H22N3. The van der Waals surface area contributed by atoms with Crippen molar-refractivity contribution in [2.24, 2.45) is 0 Å². The summed E-state index contributed by atoms with van der Waals surface area (Å²) >= 11 is 0. The van der Waals surface area contributed by atoms with E-state index in [2.05, 4.69) is 121 Å². The van der Waals surface area contributed by atoms with Crippen LogP contribution in [0.5, 0.6) is 0 Å². The van der Waals surface area contributed by atoms with Crippen molar-refractivity contribution in [1.29, 1.82) is 0 Å². The molecule has 0 saturated heterocycles. The fourth-order valence-corrected chi connectivity index (χ4v) is 6.57. The summed E-state index contributed by atoms with van der Waals surface area (Å²) in [5.74, 6) is 0. The van der Waals surface area contributed by atoms with E-state index in [4.69, 9.17) is 15.0 Å². The van der Waals surface area contributed by atoms with E-state index in [0.29, 0.717) is 0 Å². The Labute approximate surface area is 241 Å². The Morgan fingerprint density at radius 3 is 1.71 bits per heavy atom. The maximum Gasteiger partial charge on any atom is 0.0801 e. The van der Waals surface area contributed by atoms with Crippen LogP contribution in [-0.2, 0) is 0 Å². The Hall–Kier alpha value is -5.67. The number of nitrogens with zero attached hydrogens (tertiary/aromatic N) is 3. The molecule has 9 aromatic rings. The molecular weight excluding hydrogens is 510 g/mol. The lowest BCUT2D eigenvalue weighted by Gasteiger charge is -2.17. The molecule has 0 N–H and O–H groups in total. The van der Waals surface area contributed by atoms with Crippen LogP contribution in [0.15, 0.2) is 134 Å². The zero-order chi connectivity index (χ0) is 27.6. The quantitative estimate of drug-likeness (QED) is 0.208. The normalized spacial score (nSPS) is 11.8. The first-order valence-electron chi connectivity index (χ1n) is 14.1. The molecule has 0 fully saturated rings. The van der Waals surface area contributed by atoms with Crippen LogP contribution < -0.4 is 0 Å². The highest BCUT2D eigenvalue weighted by atomic mass is 14.7. The van der Waals surface area contributed by atoms with E-state index in [1.807, 2.05) is 18.5 Å². The number of aromatic nitrogens is 3. The van der Waals surface area contributed by atoms with Gasteiger partial charge in [-0.25, -0.2) is 4.98 Å². The van der Waals surface area contributed by atoms with E-state index in [9.17, 15) is 0 Å². The van der Waals surface area contributed by atoms with Gasteiger partial charge in [0.25, 0.3) is 0 Å². The lowest BCUT2D eigenvalue weighted by atomic mass is 9.89. The molecule has 193 valence electrons. The average Bonchev–Trinajstić information content (AvgIpc) is 3.07. The van der Waals surface area contributed by atoms with Crippen LogP contribution in [0.25, 0.3) is 87.4 Å². The smallest absolute Gasteiger partial charge is 0.0801 e. The Bertz CT molecular complexity index is 2530. The summed E-state index contributed by atoms with van der Waals surface area (Å²) < 4.78 is 0. The summed E-state index contributed by atoms with van der Waals surface area (Å²) in [5, 5.41) is 10.2. The molecule has 3 heterocycles. The third kappa shape index (κ3) is 3.31.